The molecule has 0 bridgehead atoms. The first-order valence-corrected chi connectivity index (χ1v) is 4.13. The van der Waals surface area contributed by atoms with Crippen LogP contribution in [0.1, 0.15) is 0 Å². The zero-order valence-electron chi connectivity index (χ0n) is 6.55. The monoisotopic (exact) mass is 203 g/mol. The molecule has 5 heteroatoms. The van der Waals surface area contributed by atoms with Gasteiger partial charge in [-0.3, -0.25) is 4.79 Å². The van der Waals surface area contributed by atoms with Gasteiger partial charge in [0.1, 0.15) is 17.3 Å². The Morgan fingerprint density at radius 2 is 1.92 bits per heavy atom. The lowest BCUT2D eigenvalue weighted by molar-refractivity contribution is -0.113. The minimum Gasteiger partial charge on any atom is -0.320 e. The van der Waals surface area contributed by atoms with Crippen molar-refractivity contribution >= 4 is 24.2 Å². The molecular weight excluding hydrogens is 196 g/mol. The average Bonchev–Trinajstić information content (AvgIpc) is 2.11. The second-order valence-corrected chi connectivity index (χ2v) is 2.62. The molecule has 0 saturated carbocycles. The summed E-state index contributed by atoms with van der Waals surface area (Å²) in [7, 11) is 0. The number of rotatable bonds is 2. The van der Waals surface area contributed by atoms with Crippen LogP contribution in [0.5, 0.6) is 0 Å². The standard InChI is InChI=1S/C8H7F2NOS/c9-5-2-1-3-6(10)8(5)11-7(12)4-13/h1-3,13H,4H2,(H,11,12). The molecule has 0 atom stereocenters. The molecule has 0 aliphatic carbocycles. The molecule has 1 N–H and O–H groups in total. The highest BCUT2D eigenvalue weighted by atomic mass is 32.1. The van der Waals surface area contributed by atoms with E-state index < -0.39 is 23.2 Å². The zero-order valence-corrected chi connectivity index (χ0v) is 7.44. The normalized spacial score (nSPS) is 9.77. The Labute approximate surface area is 79.4 Å². The fourth-order valence-corrected chi connectivity index (χ4v) is 0.875. The van der Waals surface area contributed by atoms with Gasteiger partial charge in [0, 0.05) is 0 Å². The first kappa shape index (κ1) is 9.98. The van der Waals surface area contributed by atoms with E-state index in [0.717, 1.165) is 12.1 Å². The van der Waals surface area contributed by atoms with Crippen LogP contribution in [-0.2, 0) is 4.79 Å². The summed E-state index contributed by atoms with van der Waals surface area (Å²) in [6.45, 7) is 0. The highest BCUT2D eigenvalue weighted by Gasteiger charge is 2.09. The highest BCUT2D eigenvalue weighted by Crippen LogP contribution is 2.17. The second-order valence-electron chi connectivity index (χ2n) is 2.30. The van der Waals surface area contributed by atoms with Gasteiger partial charge in [-0.25, -0.2) is 8.78 Å². The maximum Gasteiger partial charge on any atom is 0.234 e. The minimum absolute atomic E-state index is 0.117. The largest absolute Gasteiger partial charge is 0.320 e. The summed E-state index contributed by atoms with van der Waals surface area (Å²) in [6.07, 6.45) is 0. The zero-order chi connectivity index (χ0) is 9.84. The molecule has 2 nitrogen and oxygen atoms in total. The Morgan fingerprint density at radius 1 is 1.38 bits per heavy atom. The van der Waals surface area contributed by atoms with E-state index in [9.17, 15) is 13.6 Å². The number of carbonyl (C=O) groups is 1. The van der Waals surface area contributed by atoms with Crippen LogP contribution in [0.25, 0.3) is 0 Å². The maximum atomic E-state index is 12.9. The highest BCUT2D eigenvalue weighted by molar-refractivity contribution is 7.81. The molecule has 70 valence electrons. The van der Waals surface area contributed by atoms with Crippen LogP contribution in [0.3, 0.4) is 0 Å². The van der Waals surface area contributed by atoms with Crippen molar-refractivity contribution in [2.75, 3.05) is 11.1 Å². The third-order valence-electron chi connectivity index (χ3n) is 1.37. The molecule has 1 aromatic rings. The lowest BCUT2D eigenvalue weighted by Crippen LogP contribution is -2.14. The van der Waals surface area contributed by atoms with Gasteiger partial charge < -0.3 is 5.32 Å². The fraction of sp³-hybridized carbons (Fsp3) is 0.125. The van der Waals surface area contributed by atoms with Gasteiger partial charge in [-0.05, 0) is 12.1 Å². The molecular formula is C8H7F2NOS. The van der Waals surface area contributed by atoms with E-state index in [1.165, 1.54) is 6.07 Å². The maximum absolute atomic E-state index is 12.9. The number of para-hydroxylation sites is 1. The third kappa shape index (κ3) is 2.42. The van der Waals surface area contributed by atoms with Crippen LogP contribution >= 0.6 is 12.6 Å². The SMILES string of the molecule is O=C(CS)Nc1c(F)cccc1F. The Bertz CT molecular complexity index is 310. The number of benzene rings is 1. The molecule has 0 fully saturated rings. The van der Waals surface area contributed by atoms with Crippen LogP contribution in [-0.4, -0.2) is 11.7 Å². The van der Waals surface area contributed by atoms with Crippen molar-refractivity contribution in [3.8, 4) is 0 Å². The molecule has 0 unspecified atom stereocenters. The Balaban J connectivity index is 2.93. The summed E-state index contributed by atoms with van der Waals surface area (Å²) in [6, 6.07) is 3.36. The van der Waals surface area contributed by atoms with Crippen molar-refractivity contribution in [1.29, 1.82) is 0 Å². The van der Waals surface area contributed by atoms with E-state index in [4.69, 9.17) is 0 Å². The van der Waals surface area contributed by atoms with Crippen molar-refractivity contribution in [2.24, 2.45) is 0 Å². The molecule has 0 aromatic heterocycles. The van der Waals surface area contributed by atoms with Crippen LogP contribution in [0, 0.1) is 11.6 Å². The quantitative estimate of drug-likeness (QED) is 0.705. The van der Waals surface area contributed by atoms with Gasteiger partial charge in [0.25, 0.3) is 0 Å². The molecule has 0 spiro atoms. The molecule has 13 heavy (non-hydrogen) atoms. The van der Waals surface area contributed by atoms with E-state index in [-0.39, 0.29) is 5.75 Å². The number of halogens is 2. The molecule has 0 heterocycles. The van der Waals surface area contributed by atoms with Crippen molar-refractivity contribution in [1.82, 2.24) is 0 Å². The molecule has 1 aromatic carbocycles. The lowest BCUT2D eigenvalue weighted by Gasteiger charge is -2.04. The fourth-order valence-electron chi connectivity index (χ4n) is 0.796. The van der Waals surface area contributed by atoms with Gasteiger partial charge in [0.05, 0.1) is 5.75 Å². The molecule has 0 aliphatic heterocycles. The van der Waals surface area contributed by atoms with Gasteiger partial charge in [-0.2, -0.15) is 12.6 Å². The molecule has 0 radical (unpaired) electrons. The Kier molecular flexibility index (Phi) is 3.25. The first-order chi connectivity index (χ1) is 6.15. The third-order valence-corrected chi connectivity index (χ3v) is 1.66. The summed E-state index contributed by atoms with van der Waals surface area (Å²) in [5.41, 5.74) is -0.429. The Hall–Kier alpha value is -1.10. The first-order valence-electron chi connectivity index (χ1n) is 3.50. The number of thiol groups is 1. The van der Waals surface area contributed by atoms with Crippen molar-refractivity contribution < 1.29 is 13.6 Å². The topological polar surface area (TPSA) is 29.1 Å². The van der Waals surface area contributed by atoms with Crippen LogP contribution < -0.4 is 5.32 Å². The van der Waals surface area contributed by atoms with Crippen LogP contribution in [0.15, 0.2) is 18.2 Å². The second kappa shape index (κ2) is 4.23. The van der Waals surface area contributed by atoms with Gasteiger partial charge in [0.2, 0.25) is 5.91 Å². The number of nitrogens with one attached hydrogen (secondary N) is 1. The van der Waals surface area contributed by atoms with Crippen molar-refractivity contribution in [3.63, 3.8) is 0 Å². The number of hydrogen-bond acceptors (Lipinski definition) is 2. The summed E-state index contributed by atoms with van der Waals surface area (Å²) in [5, 5.41) is 2.06. The predicted octanol–water partition coefficient (Wildman–Crippen LogP) is 1.83. The van der Waals surface area contributed by atoms with Gasteiger partial charge >= 0.3 is 0 Å². The number of hydrogen-bond donors (Lipinski definition) is 2. The predicted molar refractivity (Wildman–Crippen MR) is 48.8 cm³/mol. The molecule has 0 saturated heterocycles. The summed E-state index contributed by atoms with van der Waals surface area (Å²) in [5.74, 6) is -2.26. The lowest BCUT2D eigenvalue weighted by atomic mass is 10.3. The van der Waals surface area contributed by atoms with Crippen LogP contribution in [0.4, 0.5) is 14.5 Å². The smallest absolute Gasteiger partial charge is 0.234 e. The summed E-state index contributed by atoms with van der Waals surface area (Å²) < 4.78 is 25.7. The Morgan fingerprint density at radius 3 is 2.38 bits per heavy atom. The average molecular weight is 203 g/mol. The number of amides is 1. The van der Waals surface area contributed by atoms with E-state index in [0.29, 0.717) is 0 Å². The number of anilines is 1. The van der Waals surface area contributed by atoms with Crippen LogP contribution in [0.2, 0.25) is 0 Å². The van der Waals surface area contributed by atoms with Gasteiger partial charge in [-0.1, -0.05) is 6.07 Å². The van der Waals surface area contributed by atoms with Crippen molar-refractivity contribution in [2.45, 2.75) is 0 Å². The summed E-state index contributed by atoms with van der Waals surface area (Å²) >= 11 is 3.66. The van der Waals surface area contributed by atoms with E-state index >= 15 is 0 Å². The minimum atomic E-state index is -0.796. The van der Waals surface area contributed by atoms with E-state index in [1.807, 2.05) is 0 Å². The van der Waals surface area contributed by atoms with E-state index in [1.54, 1.807) is 0 Å². The summed E-state index contributed by atoms with van der Waals surface area (Å²) in [4.78, 5) is 10.8. The molecule has 1 amide bonds. The van der Waals surface area contributed by atoms with Crippen molar-refractivity contribution in [3.05, 3.63) is 29.8 Å². The van der Waals surface area contributed by atoms with Gasteiger partial charge in [0.15, 0.2) is 0 Å². The molecule has 1 rings (SSSR count). The van der Waals surface area contributed by atoms with Gasteiger partial charge in [-0.15, -0.1) is 0 Å². The molecule has 0 aliphatic rings. The van der Waals surface area contributed by atoms with E-state index in [2.05, 4.69) is 17.9 Å². The number of carbonyl (C=O) groups excluding carboxylic acids is 1.